The summed E-state index contributed by atoms with van der Waals surface area (Å²) in [5, 5.41) is 0.974. The first kappa shape index (κ1) is 9.36. The SMILES string of the molecule is CSc1ccc(OC2=CCON2)cn1. The van der Waals surface area contributed by atoms with Crippen molar-refractivity contribution in [3.8, 4) is 5.75 Å². The van der Waals surface area contributed by atoms with Crippen molar-refractivity contribution in [1.29, 1.82) is 0 Å². The summed E-state index contributed by atoms with van der Waals surface area (Å²) in [5.74, 6) is 1.32. The van der Waals surface area contributed by atoms with Crippen molar-refractivity contribution in [3.63, 3.8) is 0 Å². The molecule has 2 rings (SSSR count). The summed E-state index contributed by atoms with van der Waals surface area (Å²) in [5.41, 5.74) is 2.64. The molecule has 0 atom stereocenters. The first-order valence-corrected chi connectivity index (χ1v) is 5.37. The van der Waals surface area contributed by atoms with E-state index in [0.29, 0.717) is 18.2 Å². The molecule has 0 aliphatic carbocycles. The van der Waals surface area contributed by atoms with E-state index < -0.39 is 0 Å². The van der Waals surface area contributed by atoms with Crippen molar-refractivity contribution in [3.05, 3.63) is 30.3 Å². The summed E-state index contributed by atoms with van der Waals surface area (Å²) in [4.78, 5) is 9.06. The van der Waals surface area contributed by atoms with Gasteiger partial charge in [-0.05, 0) is 18.4 Å². The molecule has 0 radical (unpaired) electrons. The lowest BCUT2D eigenvalue weighted by Crippen LogP contribution is -2.11. The first-order valence-electron chi connectivity index (χ1n) is 4.14. The minimum atomic E-state index is 0.533. The first-order chi connectivity index (χ1) is 6.88. The van der Waals surface area contributed by atoms with Crippen LogP contribution in [0.3, 0.4) is 0 Å². The molecule has 2 heterocycles. The molecule has 1 aliphatic heterocycles. The highest BCUT2D eigenvalue weighted by Crippen LogP contribution is 2.17. The monoisotopic (exact) mass is 210 g/mol. The van der Waals surface area contributed by atoms with Crippen LogP contribution in [-0.2, 0) is 4.84 Å². The van der Waals surface area contributed by atoms with E-state index in [1.807, 2.05) is 24.5 Å². The molecule has 0 unspecified atom stereocenters. The van der Waals surface area contributed by atoms with Gasteiger partial charge >= 0.3 is 0 Å². The number of pyridine rings is 1. The standard InChI is InChI=1S/C9H10N2O2S/c1-14-9-3-2-7(6-10-9)13-8-4-5-12-11-8/h2-4,6,11H,5H2,1H3. The molecule has 0 amide bonds. The molecule has 5 heteroatoms. The number of nitrogens with one attached hydrogen (secondary N) is 1. The molecule has 0 saturated carbocycles. The third-order valence-electron chi connectivity index (χ3n) is 1.67. The van der Waals surface area contributed by atoms with Crippen molar-refractivity contribution in [2.24, 2.45) is 0 Å². The molecule has 0 saturated heterocycles. The van der Waals surface area contributed by atoms with E-state index >= 15 is 0 Å². The molecule has 74 valence electrons. The molecule has 0 aromatic carbocycles. The van der Waals surface area contributed by atoms with Crippen molar-refractivity contribution in [2.75, 3.05) is 12.9 Å². The van der Waals surface area contributed by atoms with Gasteiger partial charge in [0, 0.05) is 6.08 Å². The zero-order valence-corrected chi connectivity index (χ0v) is 8.50. The average molecular weight is 210 g/mol. The van der Waals surface area contributed by atoms with E-state index in [-0.39, 0.29) is 0 Å². The molecular weight excluding hydrogens is 200 g/mol. The van der Waals surface area contributed by atoms with Gasteiger partial charge in [0.1, 0.15) is 5.75 Å². The number of thioether (sulfide) groups is 1. The Morgan fingerprint density at radius 2 is 2.50 bits per heavy atom. The zero-order chi connectivity index (χ0) is 9.80. The summed E-state index contributed by atoms with van der Waals surface area (Å²) >= 11 is 1.60. The van der Waals surface area contributed by atoms with Crippen LogP contribution < -0.4 is 10.2 Å². The minimum Gasteiger partial charge on any atom is -0.438 e. The third kappa shape index (κ3) is 2.18. The fourth-order valence-electron chi connectivity index (χ4n) is 1.01. The maximum Gasteiger partial charge on any atom is 0.215 e. The fraction of sp³-hybridized carbons (Fsp3) is 0.222. The van der Waals surface area contributed by atoms with Crippen LogP contribution in [0.1, 0.15) is 0 Å². The topological polar surface area (TPSA) is 43.4 Å². The quantitative estimate of drug-likeness (QED) is 0.767. The Bertz CT molecular complexity index is 337. The van der Waals surface area contributed by atoms with E-state index in [9.17, 15) is 0 Å². The Balaban J connectivity index is 2.02. The highest BCUT2D eigenvalue weighted by molar-refractivity contribution is 7.98. The number of hydroxylamine groups is 1. The molecule has 0 fully saturated rings. The fourth-order valence-corrected chi connectivity index (χ4v) is 1.37. The lowest BCUT2D eigenvalue weighted by Gasteiger charge is -2.05. The maximum absolute atomic E-state index is 5.43. The lowest BCUT2D eigenvalue weighted by atomic mass is 10.5. The summed E-state index contributed by atoms with van der Waals surface area (Å²) in [6, 6.07) is 3.79. The van der Waals surface area contributed by atoms with Gasteiger partial charge in [0.15, 0.2) is 0 Å². The van der Waals surface area contributed by atoms with Crippen molar-refractivity contribution >= 4 is 11.8 Å². The van der Waals surface area contributed by atoms with Crippen LogP contribution in [0.2, 0.25) is 0 Å². The molecule has 1 aliphatic rings. The van der Waals surface area contributed by atoms with Crippen LogP contribution >= 0.6 is 11.8 Å². The van der Waals surface area contributed by atoms with Gasteiger partial charge in [-0.25, -0.2) is 10.5 Å². The minimum absolute atomic E-state index is 0.533. The lowest BCUT2D eigenvalue weighted by molar-refractivity contribution is 0.0853. The van der Waals surface area contributed by atoms with Gasteiger partial charge in [-0.3, -0.25) is 4.84 Å². The Morgan fingerprint density at radius 3 is 3.07 bits per heavy atom. The highest BCUT2D eigenvalue weighted by Gasteiger charge is 2.05. The second-order valence-corrected chi connectivity index (χ2v) is 3.45. The number of rotatable bonds is 3. The van der Waals surface area contributed by atoms with Crippen LogP contribution in [0.15, 0.2) is 35.3 Å². The summed E-state index contributed by atoms with van der Waals surface area (Å²) in [6.45, 7) is 0.533. The molecule has 1 aromatic heterocycles. The second kappa shape index (κ2) is 4.34. The van der Waals surface area contributed by atoms with E-state index in [1.54, 1.807) is 18.0 Å². The Morgan fingerprint density at radius 1 is 1.57 bits per heavy atom. The predicted molar refractivity (Wildman–Crippen MR) is 53.8 cm³/mol. The van der Waals surface area contributed by atoms with Gasteiger partial charge in [0.05, 0.1) is 17.8 Å². The number of hydrogen-bond acceptors (Lipinski definition) is 5. The molecule has 4 nitrogen and oxygen atoms in total. The normalized spacial score (nSPS) is 14.8. The van der Waals surface area contributed by atoms with E-state index in [0.717, 1.165) is 5.03 Å². The number of nitrogens with zero attached hydrogens (tertiary/aromatic N) is 1. The number of hydrogen-bond donors (Lipinski definition) is 1. The Labute approximate surface area is 86.3 Å². The third-order valence-corrected chi connectivity index (χ3v) is 2.33. The van der Waals surface area contributed by atoms with Crippen LogP contribution in [0.4, 0.5) is 0 Å². The van der Waals surface area contributed by atoms with Crippen molar-refractivity contribution in [1.82, 2.24) is 10.5 Å². The van der Waals surface area contributed by atoms with Gasteiger partial charge in [0.25, 0.3) is 0 Å². The van der Waals surface area contributed by atoms with Crippen LogP contribution in [0.5, 0.6) is 5.75 Å². The maximum atomic E-state index is 5.43. The molecule has 14 heavy (non-hydrogen) atoms. The van der Waals surface area contributed by atoms with Crippen LogP contribution in [0, 0.1) is 0 Å². The molecule has 0 spiro atoms. The van der Waals surface area contributed by atoms with Crippen molar-refractivity contribution < 1.29 is 9.57 Å². The van der Waals surface area contributed by atoms with Gasteiger partial charge < -0.3 is 4.74 Å². The van der Waals surface area contributed by atoms with Crippen LogP contribution in [-0.4, -0.2) is 17.8 Å². The molecular formula is C9H10N2O2S. The summed E-state index contributed by atoms with van der Waals surface area (Å²) in [7, 11) is 0. The number of ether oxygens (including phenoxy) is 1. The van der Waals surface area contributed by atoms with E-state index in [1.165, 1.54) is 0 Å². The predicted octanol–water partition coefficient (Wildman–Crippen LogP) is 1.56. The smallest absolute Gasteiger partial charge is 0.215 e. The summed E-state index contributed by atoms with van der Waals surface area (Å²) in [6.07, 6.45) is 5.49. The largest absolute Gasteiger partial charge is 0.438 e. The molecule has 1 aromatic rings. The van der Waals surface area contributed by atoms with E-state index in [4.69, 9.17) is 9.57 Å². The number of aromatic nitrogens is 1. The zero-order valence-electron chi connectivity index (χ0n) is 7.69. The average Bonchev–Trinajstić information content (AvgIpc) is 2.72. The highest BCUT2D eigenvalue weighted by atomic mass is 32.2. The van der Waals surface area contributed by atoms with Crippen molar-refractivity contribution in [2.45, 2.75) is 5.03 Å². The van der Waals surface area contributed by atoms with Gasteiger partial charge in [-0.2, -0.15) is 0 Å². The molecule has 1 N–H and O–H groups in total. The molecule has 0 bridgehead atoms. The summed E-state index contributed by atoms with van der Waals surface area (Å²) < 4.78 is 5.43. The Hall–Kier alpha value is -1.20. The van der Waals surface area contributed by atoms with Gasteiger partial charge in [0.2, 0.25) is 5.88 Å². The van der Waals surface area contributed by atoms with Gasteiger partial charge in [-0.15, -0.1) is 11.8 Å². The second-order valence-electron chi connectivity index (χ2n) is 2.62. The Kier molecular flexibility index (Phi) is 2.90. The van der Waals surface area contributed by atoms with E-state index in [2.05, 4.69) is 10.5 Å². The van der Waals surface area contributed by atoms with Gasteiger partial charge in [-0.1, -0.05) is 0 Å². The van der Waals surface area contributed by atoms with Crippen LogP contribution in [0.25, 0.3) is 0 Å².